The maximum Gasteiger partial charge on any atom is 0.367 e. The van der Waals surface area contributed by atoms with Crippen LogP contribution in [0.15, 0.2) is 30.5 Å². The summed E-state index contributed by atoms with van der Waals surface area (Å²) >= 11 is 1.07. The average Bonchev–Trinajstić information content (AvgIpc) is 2.87. The van der Waals surface area contributed by atoms with Gasteiger partial charge >= 0.3 is 5.97 Å². The van der Waals surface area contributed by atoms with Crippen molar-refractivity contribution >= 4 is 22.3 Å². The molecule has 0 unspecified atom stereocenters. The van der Waals surface area contributed by atoms with Gasteiger partial charge in [0.25, 0.3) is 0 Å². The van der Waals surface area contributed by atoms with Crippen molar-refractivity contribution in [2.45, 2.75) is 6.92 Å². The number of aromatic nitrogens is 3. The van der Waals surface area contributed by atoms with Crippen molar-refractivity contribution in [3.8, 4) is 11.3 Å². The smallest absolute Gasteiger partial charge is 0.367 e. The number of hydrogen-bond acceptors (Lipinski definition) is 4. The molecule has 5 nitrogen and oxygen atoms in total. The first-order valence-corrected chi connectivity index (χ1v) is 6.12. The molecule has 0 spiro atoms. The van der Waals surface area contributed by atoms with Crippen molar-refractivity contribution < 1.29 is 9.90 Å². The van der Waals surface area contributed by atoms with E-state index in [1.165, 1.54) is 10.1 Å². The van der Waals surface area contributed by atoms with Gasteiger partial charge in [0.1, 0.15) is 0 Å². The zero-order valence-electron chi connectivity index (χ0n) is 9.49. The largest absolute Gasteiger partial charge is 0.476 e. The molecule has 0 saturated carbocycles. The minimum atomic E-state index is -1.03. The van der Waals surface area contributed by atoms with Crippen LogP contribution in [-0.4, -0.2) is 25.7 Å². The fourth-order valence-corrected chi connectivity index (χ4v) is 2.37. The Morgan fingerprint density at radius 1 is 1.33 bits per heavy atom. The topological polar surface area (TPSA) is 67.5 Å². The standard InChI is InChI=1S/C12H9N3O2S/c1-7-2-4-8(5-3-7)9-6-15-12(13-9)18-10(14-15)11(16)17/h2-6H,1H3,(H,16,17). The third-order valence-corrected chi connectivity index (χ3v) is 3.48. The van der Waals surface area contributed by atoms with E-state index in [0.717, 1.165) is 22.6 Å². The normalized spacial score (nSPS) is 10.9. The van der Waals surface area contributed by atoms with Gasteiger partial charge in [-0.15, -0.1) is 5.10 Å². The summed E-state index contributed by atoms with van der Waals surface area (Å²) in [6, 6.07) is 8.00. The first-order chi connectivity index (χ1) is 8.63. The molecule has 1 aromatic carbocycles. The molecule has 6 heteroatoms. The van der Waals surface area contributed by atoms with E-state index in [1.54, 1.807) is 6.20 Å². The van der Waals surface area contributed by atoms with Crippen LogP contribution in [0.4, 0.5) is 0 Å². The van der Waals surface area contributed by atoms with E-state index in [1.807, 2.05) is 31.2 Å². The number of carboxylic acids is 1. The molecule has 0 aliphatic carbocycles. The lowest BCUT2D eigenvalue weighted by Crippen LogP contribution is -1.95. The highest BCUT2D eigenvalue weighted by Gasteiger charge is 2.13. The van der Waals surface area contributed by atoms with E-state index in [-0.39, 0.29) is 5.01 Å². The molecular formula is C12H9N3O2S. The number of imidazole rings is 1. The monoisotopic (exact) mass is 259 g/mol. The first-order valence-electron chi connectivity index (χ1n) is 5.30. The quantitative estimate of drug-likeness (QED) is 0.767. The molecule has 0 amide bonds. The van der Waals surface area contributed by atoms with E-state index >= 15 is 0 Å². The van der Waals surface area contributed by atoms with E-state index in [2.05, 4.69) is 10.1 Å². The summed E-state index contributed by atoms with van der Waals surface area (Å²) in [6.45, 7) is 2.02. The van der Waals surface area contributed by atoms with Gasteiger partial charge in [-0.3, -0.25) is 0 Å². The van der Waals surface area contributed by atoms with Gasteiger partial charge < -0.3 is 5.11 Å². The zero-order chi connectivity index (χ0) is 12.7. The van der Waals surface area contributed by atoms with E-state index in [0.29, 0.717) is 4.96 Å². The molecule has 0 aliphatic rings. The molecule has 18 heavy (non-hydrogen) atoms. The molecule has 3 rings (SSSR count). The maximum absolute atomic E-state index is 10.8. The Kier molecular flexibility index (Phi) is 2.38. The van der Waals surface area contributed by atoms with Crippen LogP contribution in [0.2, 0.25) is 0 Å². The van der Waals surface area contributed by atoms with Crippen LogP contribution in [0.5, 0.6) is 0 Å². The number of hydrogen-bond donors (Lipinski definition) is 1. The summed E-state index contributed by atoms with van der Waals surface area (Å²) in [6.07, 6.45) is 1.74. The van der Waals surface area contributed by atoms with E-state index in [4.69, 9.17) is 5.11 Å². The fraction of sp³-hybridized carbons (Fsp3) is 0.0833. The van der Waals surface area contributed by atoms with E-state index < -0.39 is 5.97 Å². The van der Waals surface area contributed by atoms with Crippen molar-refractivity contribution in [3.63, 3.8) is 0 Å². The number of nitrogens with zero attached hydrogens (tertiary/aromatic N) is 3. The summed E-state index contributed by atoms with van der Waals surface area (Å²) in [5.41, 5.74) is 2.98. The van der Waals surface area contributed by atoms with Gasteiger partial charge in [-0.05, 0) is 6.92 Å². The minimum Gasteiger partial charge on any atom is -0.476 e. The molecule has 2 heterocycles. The highest BCUT2D eigenvalue weighted by atomic mass is 32.1. The number of benzene rings is 1. The summed E-state index contributed by atoms with van der Waals surface area (Å²) < 4.78 is 1.50. The molecule has 0 radical (unpaired) electrons. The molecule has 0 fully saturated rings. The Morgan fingerprint density at radius 3 is 2.67 bits per heavy atom. The Labute approximate surface area is 106 Å². The minimum absolute atomic E-state index is 0.0490. The number of carbonyl (C=O) groups is 1. The van der Waals surface area contributed by atoms with Gasteiger partial charge in [-0.25, -0.2) is 14.3 Å². The Hall–Kier alpha value is -2.21. The van der Waals surface area contributed by atoms with Gasteiger partial charge in [-0.2, -0.15) is 0 Å². The fourth-order valence-electron chi connectivity index (χ4n) is 1.65. The zero-order valence-corrected chi connectivity index (χ0v) is 10.3. The van der Waals surface area contributed by atoms with Crippen molar-refractivity contribution in [2.24, 2.45) is 0 Å². The Balaban J connectivity index is 2.06. The molecule has 0 aliphatic heterocycles. The molecule has 0 atom stereocenters. The number of aromatic carboxylic acids is 1. The second-order valence-corrected chi connectivity index (χ2v) is 4.89. The number of fused-ring (bicyclic) bond motifs is 1. The first kappa shape index (κ1) is 10.9. The SMILES string of the molecule is Cc1ccc(-c2cn3nc(C(=O)O)sc3n2)cc1. The molecule has 1 N–H and O–H groups in total. The van der Waals surface area contributed by atoms with Crippen molar-refractivity contribution in [1.82, 2.24) is 14.6 Å². The maximum atomic E-state index is 10.8. The number of rotatable bonds is 2. The highest BCUT2D eigenvalue weighted by Crippen LogP contribution is 2.22. The van der Waals surface area contributed by atoms with Crippen LogP contribution in [-0.2, 0) is 0 Å². The lowest BCUT2D eigenvalue weighted by Gasteiger charge is -1.96. The molecule has 0 bridgehead atoms. The van der Waals surface area contributed by atoms with Crippen LogP contribution in [0.3, 0.4) is 0 Å². The van der Waals surface area contributed by atoms with Crippen LogP contribution >= 0.6 is 11.3 Å². The third-order valence-electron chi connectivity index (χ3n) is 2.57. The van der Waals surface area contributed by atoms with Crippen LogP contribution in [0.25, 0.3) is 16.2 Å². The van der Waals surface area contributed by atoms with Crippen LogP contribution in [0.1, 0.15) is 15.4 Å². The second-order valence-electron chi connectivity index (χ2n) is 3.93. The second kappa shape index (κ2) is 3.92. The molecular weight excluding hydrogens is 250 g/mol. The molecule has 2 aromatic heterocycles. The average molecular weight is 259 g/mol. The van der Waals surface area contributed by atoms with Crippen LogP contribution < -0.4 is 0 Å². The third kappa shape index (κ3) is 1.76. The van der Waals surface area contributed by atoms with Gasteiger partial charge in [-0.1, -0.05) is 41.2 Å². The van der Waals surface area contributed by atoms with Crippen LogP contribution in [0, 0.1) is 6.92 Å². The lowest BCUT2D eigenvalue weighted by atomic mass is 10.1. The molecule has 3 aromatic rings. The predicted octanol–water partition coefficient (Wildman–Crippen LogP) is 2.46. The summed E-state index contributed by atoms with van der Waals surface area (Å²) in [5.74, 6) is -1.03. The molecule has 0 saturated heterocycles. The van der Waals surface area contributed by atoms with E-state index in [9.17, 15) is 4.79 Å². The summed E-state index contributed by atoms with van der Waals surface area (Å²) in [7, 11) is 0. The van der Waals surface area contributed by atoms with Crippen molar-refractivity contribution in [2.75, 3.05) is 0 Å². The Morgan fingerprint density at radius 2 is 2.06 bits per heavy atom. The predicted molar refractivity (Wildman–Crippen MR) is 68.0 cm³/mol. The summed E-state index contributed by atoms with van der Waals surface area (Å²) in [4.78, 5) is 15.7. The number of carboxylic acid groups (broad SMARTS) is 1. The van der Waals surface area contributed by atoms with Gasteiger partial charge in [0.2, 0.25) is 9.97 Å². The highest BCUT2D eigenvalue weighted by molar-refractivity contribution is 7.18. The van der Waals surface area contributed by atoms with Crippen molar-refractivity contribution in [1.29, 1.82) is 0 Å². The van der Waals surface area contributed by atoms with Gasteiger partial charge in [0.05, 0.1) is 11.9 Å². The summed E-state index contributed by atoms with van der Waals surface area (Å²) in [5, 5.41) is 12.8. The lowest BCUT2D eigenvalue weighted by molar-refractivity contribution is 0.0695. The van der Waals surface area contributed by atoms with Crippen molar-refractivity contribution in [3.05, 3.63) is 41.0 Å². The van der Waals surface area contributed by atoms with Gasteiger partial charge in [0, 0.05) is 5.56 Å². The van der Waals surface area contributed by atoms with Gasteiger partial charge in [0.15, 0.2) is 0 Å². The number of aryl methyl sites for hydroxylation is 1. The Bertz CT molecular complexity index is 696. The molecule has 90 valence electrons.